The number of fused-ring (bicyclic) bond motifs is 1. The van der Waals surface area contributed by atoms with Gasteiger partial charge in [0, 0.05) is 15.7 Å². The molecule has 0 unspecified atom stereocenters. The molecule has 3 aromatic carbocycles. The Morgan fingerprint density at radius 1 is 1.03 bits per heavy atom. The number of nitrogens with zero attached hydrogens (tertiary/aromatic N) is 2. The van der Waals surface area contributed by atoms with Crippen molar-refractivity contribution < 1.29 is 4.79 Å². The number of carbonyl (C=O) groups excluding carboxylic acids is 1. The zero-order valence-electron chi connectivity index (χ0n) is 17.4. The first-order valence-corrected chi connectivity index (χ1v) is 11.6. The van der Waals surface area contributed by atoms with E-state index in [1.54, 1.807) is 42.5 Å². The monoisotopic (exact) mass is 483 g/mol. The van der Waals surface area contributed by atoms with Crippen molar-refractivity contribution in [1.29, 1.82) is 0 Å². The third-order valence-electron chi connectivity index (χ3n) is 5.01. The van der Waals surface area contributed by atoms with Crippen LogP contribution in [-0.2, 0) is 4.79 Å². The zero-order valence-corrected chi connectivity index (χ0v) is 19.7. The molecule has 1 N–H and O–H groups in total. The lowest BCUT2D eigenvalue weighted by Gasteiger charge is -2.16. The summed E-state index contributed by atoms with van der Waals surface area (Å²) in [6, 6.07) is 17.9. The van der Waals surface area contributed by atoms with Gasteiger partial charge in [0.25, 0.3) is 5.56 Å². The van der Waals surface area contributed by atoms with Gasteiger partial charge in [-0.15, -0.1) is 0 Å². The molecule has 1 amide bonds. The number of amides is 1. The lowest BCUT2D eigenvalue weighted by molar-refractivity contribution is -0.113. The van der Waals surface area contributed by atoms with Gasteiger partial charge in [-0.1, -0.05) is 59.2 Å². The third kappa shape index (κ3) is 4.53. The minimum absolute atomic E-state index is 0.0654. The van der Waals surface area contributed by atoms with Crippen LogP contribution in [0.3, 0.4) is 0 Å². The Balaban J connectivity index is 1.70. The minimum atomic E-state index is -0.230. The molecule has 0 radical (unpaired) electrons. The molecular weight excluding hydrogens is 465 g/mol. The van der Waals surface area contributed by atoms with Gasteiger partial charge < -0.3 is 5.32 Å². The molecule has 0 atom stereocenters. The number of aromatic nitrogens is 2. The molecule has 32 heavy (non-hydrogen) atoms. The summed E-state index contributed by atoms with van der Waals surface area (Å²) in [6.07, 6.45) is 0. The van der Waals surface area contributed by atoms with Crippen LogP contribution < -0.4 is 10.9 Å². The fraction of sp³-hybridized carbons (Fsp3) is 0.125. The largest absolute Gasteiger partial charge is 0.325 e. The highest BCUT2D eigenvalue weighted by Gasteiger charge is 2.17. The number of para-hydroxylation sites is 1. The van der Waals surface area contributed by atoms with Crippen molar-refractivity contribution in [2.45, 2.75) is 19.0 Å². The highest BCUT2D eigenvalue weighted by molar-refractivity contribution is 7.99. The fourth-order valence-corrected chi connectivity index (χ4v) is 4.41. The van der Waals surface area contributed by atoms with Crippen LogP contribution in [-0.4, -0.2) is 21.2 Å². The molecule has 0 spiro atoms. The highest BCUT2D eigenvalue weighted by Crippen LogP contribution is 2.27. The lowest BCUT2D eigenvalue weighted by atomic mass is 10.2. The molecule has 0 aliphatic rings. The van der Waals surface area contributed by atoms with Crippen LogP contribution in [0, 0.1) is 13.8 Å². The highest BCUT2D eigenvalue weighted by atomic mass is 35.5. The Kier molecular flexibility index (Phi) is 6.55. The predicted molar refractivity (Wildman–Crippen MR) is 133 cm³/mol. The number of hydrogen-bond acceptors (Lipinski definition) is 4. The first-order chi connectivity index (χ1) is 15.3. The molecule has 4 rings (SSSR count). The topological polar surface area (TPSA) is 64.0 Å². The molecule has 0 aliphatic heterocycles. The molecule has 0 fully saturated rings. The van der Waals surface area contributed by atoms with E-state index in [4.69, 9.17) is 23.2 Å². The van der Waals surface area contributed by atoms with Crippen molar-refractivity contribution in [3.05, 3.63) is 92.2 Å². The van der Waals surface area contributed by atoms with Crippen molar-refractivity contribution in [3.8, 4) is 5.69 Å². The number of carbonyl (C=O) groups is 1. The number of anilines is 1. The average molecular weight is 484 g/mol. The van der Waals surface area contributed by atoms with Gasteiger partial charge in [-0.3, -0.25) is 14.2 Å². The van der Waals surface area contributed by atoms with Crippen LogP contribution in [0.25, 0.3) is 16.6 Å². The quantitative estimate of drug-likeness (QED) is 0.277. The maximum atomic E-state index is 13.4. The molecular formula is C24H19Cl2N3O2S. The molecule has 1 aromatic heterocycles. The van der Waals surface area contributed by atoms with E-state index in [0.717, 1.165) is 11.1 Å². The van der Waals surface area contributed by atoms with Gasteiger partial charge in [0.1, 0.15) is 0 Å². The van der Waals surface area contributed by atoms with Gasteiger partial charge in [-0.05, 0) is 61.4 Å². The van der Waals surface area contributed by atoms with Crippen LogP contribution in [0.1, 0.15) is 11.1 Å². The van der Waals surface area contributed by atoms with Crippen molar-refractivity contribution in [1.82, 2.24) is 9.55 Å². The molecule has 0 bridgehead atoms. The molecule has 0 saturated heterocycles. The van der Waals surface area contributed by atoms with E-state index < -0.39 is 0 Å². The van der Waals surface area contributed by atoms with Gasteiger partial charge >= 0.3 is 0 Å². The Morgan fingerprint density at radius 2 is 1.81 bits per heavy atom. The van der Waals surface area contributed by atoms with Crippen LogP contribution >= 0.6 is 35.0 Å². The normalized spacial score (nSPS) is 11.0. The van der Waals surface area contributed by atoms with Crippen LogP contribution in [0.5, 0.6) is 0 Å². The Hall–Kier alpha value is -2.80. The van der Waals surface area contributed by atoms with Gasteiger partial charge in [-0.25, -0.2) is 4.98 Å². The zero-order chi connectivity index (χ0) is 22.8. The molecule has 8 heteroatoms. The van der Waals surface area contributed by atoms with Crippen molar-refractivity contribution in [3.63, 3.8) is 0 Å². The SMILES string of the molecule is Cc1ccc(NC(=O)CSc2nc3ccccc3c(=O)n2-c2cccc(Cl)c2C)cc1Cl. The van der Waals surface area contributed by atoms with Crippen LogP contribution in [0.2, 0.25) is 10.0 Å². The van der Waals surface area contributed by atoms with Crippen LogP contribution in [0.4, 0.5) is 5.69 Å². The first-order valence-electron chi connectivity index (χ1n) is 9.81. The summed E-state index contributed by atoms with van der Waals surface area (Å²) in [5.41, 5.74) is 3.29. The first kappa shape index (κ1) is 22.4. The summed E-state index contributed by atoms with van der Waals surface area (Å²) in [6.45, 7) is 3.74. The smallest absolute Gasteiger partial charge is 0.266 e. The number of thioether (sulfide) groups is 1. The Morgan fingerprint density at radius 3 is 2.59 bits per heavy atom. The number of hydrogen-bond donors (Lipinski definition) is 1. The predicted octanol–water partition coefficient (Wildman–Crippen LogP) is 6.04. The minimum Gasteiger partial charge on any atom is -0.325 e. The van der Waals surface area contributed by atoms with Crippen molar-refractivity contribution >= 4 is 57.5 Å². The summed E-state index contributed by atoms with van der Waals surface area (Å²) in [5, 5.41) is 4.87. The van der Waals surface area contributed by atoms with E-state index in [9.17, 15) is 9.59 Å². The van der Waals surface area contributed by atoms with Crippen molar-refractivity contribution in [2.75, 3.05) is 11.1 Å². The number of rotatable bonds is 5. The van der Waals surface area contributed by atoms with Gasteiger partial charge in [0.05, 0.1) is 22.3 Å². The second-order valence-electron chi connectivity index (χ2n) is 7.24. The van der Waals surface area contributed by atoms with Crippen molar-refractivity contribution in [2.24, 2.45) is 0 Å². The van der Waals surface area contributed by atoms with E-state index in [1.807, 2.05) is 32.0 Å². The molecule has 0 aliphatic carbocycles. The standard InChI is InChI=1S/C24H19Cl2N3O2S/c1-14-10-11-16(12-19(14)26)27-22(30)13-32-24-28-20-8-4-3-6-17(20)23(31)29(24)21-9-5-7-18(25)15(21)2/h3-12H,13H2,1-2H3,(H,27,30). The molecule has 162 valence electrons. The summed E-state index contributed by atoms with van der Waals surface area (Å²) in [5.74, 6) is -0.165. The molecule has 4 aromatic rings. The second kappa shape index (κ2) is 9.36. The fourth-order valence-electron chi connectivity index (χ4n) is 3.26. The lowest BCUT2D eigenvalue weighted by Crippen LogP contribution is -2.23. The van der Waals surface area contributed by atoms with Gasteiger partial charge in [-0.2, -0.15) is 0 Å². The number of aryl methyl sites for hydroxylation is 1. The maximum Gasteiger partial charge on any atom is 0.266 e. The molecule has 5 nitrogen and oxygen atoms in total. The number of nitrogens with one attached hydrogen (secondary N) is 1. The average Bonchev–Trinajstić information content (AvgIpc) is 2.77. The van der Waals surface area contributed by atoms with E-state index in [2.05, 4.69) is 10.3 Å². The van der Waals surface area contributed by atoms with Gasteiger partial charge in [0.2, 0.25) is 5.91 Å². The van der Waals surface area contributed by atoms with E-state index >= 15 is 0 Å². The Bertz CT molecular complexity index is 1400. The summed E-state index contributed by atoms with van der Waals surface area (Å²) in [7, 11) is 0. The number of benzene rings is 3. The second-order valence-corrected chi connectivity index (χ2v) is 8.99. The van der Waals surface area contributed by atoms with E-state index in [1.165, 1.54) is 16.3 Å². The third-order valence-corrected chi connectivity index (χ3v) is 6.77. The summed E-state index contributed by atoms with van der Waals surface area (Å²) < 4.78 is 1.52. The molecule has 1 heterocycles. The maximum absolute atomic E-state index is 13.4. The Labute approximate surface area is 199 Å². The van der Waals surface area contributed by atoms with E-state index in [-0.39, 0.29) is 17.2 Å². The summed E-state index contributed by atoms with van der Waals surface area (Å²) in [4.78, 5) is 30.6. The number of halogens is 2. The van der Waals surface area contributed by atoms with Crippen LogP contribution in [0.15, 0.2) is 70.6 Å². The summed E-state index contributed by atoms with van der Waals surface area (Å²) >= 11 is 13.6. The van der Waals surface area contributed by atoms with Gasteiger partial charge in [0.15, 0.2) is 5.16 Å². The van der Waals surface area contributed by atoms with E-state index in [0.29, 0.717) is 37.5 Å². The molecule has 0 saturated carbocycles.